The molecule has 2 heterocycles. The van der Waals surface area contributed by atoms with Crippen LogP contribution >= 0.6 is 35.0 Å². The number of thioether (sulfide) groups is 1. The fourth-order valence-electron chi connectivity index (χ4n) is 4.02. The summed E-state index contributed by atoms with van der Waals surface area (Å²) < 4.78 is 1.87. The Morgan fingerprint density at radius 3 is 2.58 bits per heavy atom. The highest BCUT2D eigenvalue weighted by molar-refractivity contribution is 7.98. The summed E-state index contributed by atoms with van der Waals surface area (Å²) >= 11 is 14.0. The van der Waals surface area contributed by atoms with E-state index in [-0.39, 0.29) is 25.4 Å². The van der Waals surface area contributed by atoms with Crippen molar-refractivity contribution in [2.45, 2.75) is 23.9 Å². The summed E-state index contributed by atoms with van der Waals surface area (Å²) in [5.74, 6) is -2.30. The summed E-state index contributed by atoms with van der Waals surface area (Å²) in [6.45, 7) is 1.01. The Morgan fingerprint density at radius 2 is 1.89 bits per heavy atom. The molecule has 0 aliphatic carbocycles. The molecule has 0 bridgehead atoms. The number of aromatic nitrogens is 2. The second-order valence-corrected chi connectivity index (χ2v) is 10.5. The van der Waals surface area contributed by atoms with Crippen LogP contribution in [0.4, 0.5) is 0 Å². The van der Waals surface area contributed by atoms with Gasteiger partial charge in [0.15, 0.2) is 0 Å². The van der Waals surface area contributed by atoms with Crippen molar-refractivity contribution in [3.8, 4) is 0 Å². The van der Waals surface area contributed by atoms with Gasteiger partial charge in [-0.05, 0) is 29.5 Å². The van der Waals surface area contributed by atoms with Crippen LogP contribution in [0.1, 0.15) is 16.8 Å². The molecule has 0 saturated carbocycles. The molecule has 1 aliphatic rings. The number of carboxylic acids is 1. The molecule has 2 aromatic carbocycles. The molecule has 1 unspecified atom stereocenters. The van der Waals surface area contributed by atoms with Crippen molar-refractivity contribution in [1.29, 1.82) is 0 Å². The number of carbonyl (C=O) groups is 3. The molecule has 1 aromatic heterocycles. The summed E-state index contributed by atoms with van der Waals surface area (Å²) in [5.41, 5.74) is 2.28. The number of carboxylic acid groups (broad SMARTS) is 1. The van der Waals surface area contributed by atoms with Crippen molar-refractivity contribution in [2.75, 3.05) is 19.3 Å². The number of hydrogen-bond acceptors (Lipinski definition) is 5. The molecule has 3 aromatic rings. The number of carbonyl (C=O) groups excluding carboxylic acids is 2. The monoisotopic (exact) mass is 572 g/mol. The molecule has 0 spiro atoms. The van der Waals surface area contributed by atoms with Crippen LogP contribution in [-0.2, 0) is 27.3 Å². The van der Waals surface area contributed by atoms with Gasteiger partial charge < -0.3 is 19.9 Å². The van der Waals surface area contributed by atoms with Gasteiger partial charge in [-0.3, -0.25) is 9.59 Å². The summed E-state index contributed by atoms with van der Waals surface area (Å²) in [4.78, 5) is 43.6. The normalized spacial score (nSPS) is 14.3. The lowest BCUT2D eigenvalue weighted by atomic mass is 9.98. The van der Waals surface area contributed by atoms with Crippen LogP contribution in [0.15, 0.2) is 66.0 Å². The lowest BCUT2D eigenvalue weighted by Gasteiger charge is -2.38. The van der Waals surface area contributed by atoms with Crippen LogP contribution < -0.4 is 5.32 Å². The van der Waals surface area contributed by atoms with Crippen LogP contribution in [0.5, 0.6) is 0 Å². The average molecular weight is 574 g/mol. The lowest BCUT2D eigenvalue weighted by molar-refractivity contribution is -0.145. The number of halogens is 2. The van der Waals surface area contributed by atoms with Crippen LogP contribution in [0.3, 0.4) is 0 Å². The van der Waals surface area contributed by atoms with E-state index in [0.717, 1.165) is 10.5 Å². The molecule has 2 amide bonds. The Hall–Kier alpha value is -3.27. The first-order valence-corrected chi connectivity index (χ1v) is 13.8. The van der Waals surface area contributed by atoms with E-state index in [0.29, 0.717) is 27.8 Å². The highest BCUT2D eigenvalue weighted by Gasteiger charge is 2.36. The van der Waals surface area contributed by atoms with Gasteiger partial charge in [0.25, 0.3) is 0 Å². The third-order valence-electron chi connectivity index (χ3n) is 6.19. The Labute approximate surface area is 234 Å². The Bertz CT molecular complexity index is 1360. The maximum absolute atomic E-state index is 12.7. The highest BCUT2D eigenvalue weighted by Crippen LogP contribution is 2.35. The zero-order valence-corrected chi connectivity index (χ0v) is 22.8. The van der Waals surface area contributed by atoms with Crippen molar-refractivity contribution in [3.05, 3.63) is 87.9 Å². The smallest absolute Gasteiger partial charge is 0.326 e. The molecule has 11 heteroatoms. The van der Waals surface area contributed by atoms with E-state index in [1.54, 1.807) is 24.7 Å². The first-order valence-electron chi connectivity index (χ1n) is 11.8. The molecular formula is C27H26Cl2N4O4S. The summed E-state index contributed by atoms with van der Waals surface area (Å²) in [6, 6.07) is 12.3. The fourth-order valence-corrected chi connectivity index (χ4v) is 5.19. The van der Waals surface area contributed by atoms with Gasteiger partial charge in [0.1, 0.15) is 6.04 Å². The average Bonchev–Trinajstić information content (AvgIpc) is 3.30. The van der Waals surface area contributed by atoms with Gasteiger partial charge in [-0.25, -0.2) is 9.78 Å². The van der Waals surface area contributed by atoms with Crippen LogP contribution in [0.25, 0.3) is 6.08 Å². The molecule has 1 saturated heterocycles. The van der Waals surface area contributed by atoms with Crippen LogP contribution in [0.2, 0.25) is 10.0 Å². The third-order valence-corrected chi connectivity index (χ3v) is 7.98. The minimum Gasteiger partial charge on any atom is -0.480 e. The Kier molecular flexibility index (Phi) is 9.14. The van der Waals surface area contributed by atoms with E-state index in [4.69, 9.17) is 23.2 Å². The molecule has 2 N–H and O–H groups in total. The Morgan fingerprint density at radius 1 is 1.16 bits per heavy atom. The number of nitrogens with one attached hydrogen (secondary N) is 1. The molecule has 0 radical (unpaired) electrons. The van der Waals surface area contributed by atoms with E-state index in [1.807, 2.05) is 47.2 Å². The zero-order chi connectivity index (χ0) is 27.2. The topological polar surface area (TPSA) is 105 Å². The number of imidazole rings is 1. The molecule has 8 nitrogen and oxygen atoms in total. The first-order chi connectivity index (χ1) is 18.2. The molecule has 1 aliphatic heterocycles. The van der Waals surface area contributed by atoms with Crippen LogP contribution in [-0.4, -0.2) is 62.7 Å². The first kappa shape index (κ1) is 27.8. The van der Waals surface area contributed by atoms with Crippen molar-refractivity contribution in [3.63, 3.8) is 0 Å². The predicted octanol–water partition coefficient (Wildman–Crippen LogP) is 4.24. The summed E-state index contributed by atoms with van der Waals surface area (Å²) in [6.07, 6.45) is 8.34. The number of amides is 2. The van der Waals surface area contributed by atoms with Gasteiger partial charge in [0, 0.05) is 43.2 Å². The van der Waals surface area contributed by atoms with Gasteiger partial charge >= 0.3 is 5.97 Å². The largest absolute Gasteiger partial charge is 0.480 e. The number of aliphatic carboxylic acids is 1. The number of likely N-dealkylation sites (tertiary alicyclic amines) is 1. The maximum atomic E-state index is 12.7. The SMILES string of the molecule is CSc1ccc(C=CC(=O)N2CC(C(=O)NC(Cc3cn(Cc4ccccc4)cn3)C(=O)O)C2)c(Cl)c1Cl. The second-order valence-electron chi connectivity index (χ2n) is 8.88. The standard InChI is InChI=1S/C27H26Cl2N4O4S/c1-38-22-9-7-18(24(28)25(22)29)8-10-23(34)33-13-19(14-33)26(35)31-21(27(36)37)11-20-15-32(16-30-20)12-17-5-3-2-4-6-17/h2-10,15-16,19,21H,11-14H2,1H3,(H,31,35)(H,36,37). The summed E-state index contributed by atoms with van der Waals surface area (Å²) in [7, 11) is 0. The van der Waals surface area contributed by atoms with Crippen molar-refractivity contribution in [2.24, 2.45) is 5.92 Å². The number of nitrogens with zero attached hydrogens (tertiary/aromatic N) is 3. The molecule has 1 atom stereocenters. The van der Waals surface area contributed by atoms with Crippen LogP contribution in [0, 0.1) is 5.92 Å². The molecular weight excluding hydrogens is 547 g/mol. The number of rotatable bonds is 10. The van der Waals surface area contributed by atoms with E-state index in [1.165, 1.54) is 22.7 Å². The van der Waals surface area contributed by atoms with E-state index >= 15 is 0 Å². The highest BCUT2D eigenvalue weighted by atomic mass is 35.5. The van der Waals surface area contributed by atoms with E-state index in [2.05, 4.69) is 10.3 Å². The fraction of sp³-hybridized carbons (Fsp3) is 0.259. The van der Waals surface area contributed by atoms with E-state index in [9.17, 15) is 19.5 Å². The zero-order valence-electron chi connectivity index (χ0n) is 20.5. The molecule has 38 heavy (non-hydrogen) atoms. The van der Waals surface area contributed by atoms with Gasteiger partial charge in [-0.2, -0.15) is 0 Å². The predicted molar refractivity (Wildman–Crippen MR) is 148 cm³/mol. The quantitative estimate of drug-likeness (QED) is 0.278. The van der Waals surface area contributed by atoms with Gasteiger partial charge in [0.05, 0.1) is 28.0 Å². The second kappa shape index (κ2) is 12.5. The lowest BCUT2D eigenvalue weighted by Crippen LogP contribution is -2.57. The number of benzene rings is 2. The van der Waals surface area contributed by atoms with Gasteiger partial charge in [0.2, 0.25) is 11.8 Å². The number of hydrogen-bond donors (Lipinski definition) is 2. The molecule has 4 rings (SSSR count). The minimum atomic E-state index is -1.14. The maximum Gasteiger partial charge on any atom is 0.326 e. The van der Waals surface area contributed by atoms with E-state index < -0.39 is 23.8 Å². The van der Waals surface area contributed by atoms with Crippen molar-refractivity contribution in [1.82, 2.24) is 19.8 Å². The minimum absolute atomic E-state index is 0.0552. The molecule has 198 valence electrons. The van der Waals surface area contributed by atoms with Crippen molar-refractivity contribution >= 4 is 58.8 Å². The summed E-state index contributed by atoms with van der Waals surface area (Å²) in [5, 5.41) is 13.0. The van der Waals surface area contributed by atoms with Gasteiger partial charge in [-0.1, -0.05) is 59.6 Å². The van der Waals surface area contributed by atoms with Gasteiger partial charge in [-0.15, -0.1) is 11.8 Å². The Balaban J connectivity index is 1.28. The van der Waals surface area contributed by atoms with Crippen molar-refractivity contribution < 1.29 is 19.5 Å². The third kappa shape index (κ3) is 6.78. The molecule has 1 fully saturated rings.